The number of thioether (sulfide) groups is 1. The van der Waals surface area contributed by atoms with E-state index in [4.69, 9.17) is 27.7 Å². The SMILES string of the molecule is C=CCn1c(SCc2noc(-c3ccc(Cl)cc3)n2)nnc1-c1ccc(Cl)cc1. The zero-order chi connectivity index (χ0) is 20.2. The third-order valence-corrected chi connectivity index (χ3v) is 5.49. The van der Waals surface area contributed by atoms with E-state index in [9.17, 15) is 0 Å². The van der Waals surface area contributed by atoms with Crippen LogP contribution in [-0.4, -0.2) is 24.9 Å². The van der Waals surface area contributed by atoms with Crippen LogP contribution in [0.3, 0.4) is 0 Å². The van der Waals surface area contributed by atoms with Gasteiger partial charge in [-0.15, -0.1) is 16.8 Å². The van der Waals surface area contributed by atoms with Crippen molar-refractivity contribution >= 4 is 35.0 Å². The maximum atomic E-state index is 5.98. The lowest BCUT2D eigenvalue weighted by molar-refractivity contribution is 0.425. The molecule has 0 radical (unpaired) electrons. The Morgan fingerprint density at radius 2 is 1.62 bits per heavy atom. The van der Waals surface area contributed by atoms with Crippen LogP contribution >= 0.6 is 35.0 Å². The molecule has 0 atom stereocenters. The molecule has 0 saturated heterocycles. The third-order valence-electron chi connectivity index (χ3n) is 4.02. The summed E-state index contributed by atoms with van der Waals surface area (Å²) in [6, 6.07) is 14.7. The second-order valence-electron chi connectivity index (χ2n) is 6.02. The minimum atomic E-state index is 0.451. The number of nitrogens with zero attached hydrogens (tertiary/aromatic N) is 5. The second kappa shape index (κ2) is 8.82. The van der Waals surface area contributed by atoms with E-state index in [2.05, 4.69) is 26.9 Å². The summed E-state index contributed by atoms with van der Waals surface area (Å²) in [5, 5.41) is 14.8. The summed E-state index contributed by atoms with van der Waals surface area (Å²) in [6.45, 7) is 4.41. The fraction of sp³-hybridized carbons (Fsp3) is 0.100. The van der Waals surface area contributed by atoms with Crippen LogP contribution in [0.2, 0.25) is 10.0 Å². The first-order chi connectivity index (χ1) is 14.1. The minimum Gasteiger partial charge on any atom is -0.334 e. The number of aromatic nitrogens is 5. The summed E-state index contributed by atoms with van der Waals surface area (Å²) in [4.78, 5) is 4.44. The molecule has 0 spiro atoms. The number of hydrogen-bond donors (Lipinski definition) is 0. The van der Waals surface area contributed by atoms with Crippen molar-refractivity contribution in [2.75, 3.05) is 0 Å². The van der Waals surface area contributed by atoms with Crippen LogP contribution < -0.4 is 0 Å². The van der Waals surface area contributed by atoms with E-state index < -0.39 is 0 Å². The van der Waals surface area contributed by atoms with Gasteiger partial charge in [0.05, 0.1) is 5.75 Å². The summed E-state index contributed by atoms with van der Waals surface area (Å²) in [5.41, 5.74) is 1.75. The fourth-order valence-electron chi connectivity index (χ4n) is 2.65. The highest BCUT2D eigenvalue weighted by Crippen LogP contribution is 2.27. The molecule has 4 rings (SSSR count). The van der Waals surface area contributed by atoms with Gasteiger partial charge in [-0.2, -0.15) is 4.98 Å². The average molecular weight is 444 g/mol. The van der Waals surface area contributed by atoms with Crippen LogP contribution in [0.15, 0.2) is 70.9 Å². The molecule has 146 valence electrons. The topological polar surface area (TPSA) is 69.6 Å². The molecule has 6 nitrogen and oxygen atoms in total. The highest BCUT2D eigenvalue weighted by molar-refractivity contribution is 7.98. The van der Waals surface area contributed by atoms with Gasteiger partial charge in [0.1, 0.15) is 0 Å². The smallest absolute Gasteiger partial charge is 0.257 e. The van der Waals surface area contributed by atoms with E-state index >= 15 is 0 Å². The van der Waals surface area contributed by atoms with Gasteiger partial charge in [0, 0.05) is 27.7 Å². The summed E-state index contributed by atoms with van der Waals surface area (Å²) in [6.07, 6.45) is 1.81. The number of allylic oxidation sites excluding steroid dienone is 1. The first-order valence-corrected chi connectivity index (χ1v) is 10.4. The number of rotatable bonds is 7. The van der Waals surface area contributed by atoms with Crippen molar-refractivity contribution in [3.63, 3.8) is 0 Å². The zero-order valence-corrected chi connectivity index (χ0v) is 17.5. The molecule has 0 unspecified atom stereocenters. The van der Waals surface area contributed by atoms with Crippen molar-refractivity contribution < 1.29 is 4.52 Å². The Balaban J connectivity index is 1.52. The molecule has 2 aromatic heterocycles. The molecule has 0 fully saturated rings. The second-order valence-corrected chi connectivity index (χ2v) is 7.84. The van der Waals surface area contributed by atoms with E-state index in [0.29, 0.717) is 34.1 Å². The summed E-state index contributed by atoms with van der Waals surface area (Å²) in [7, 11) is 0. The molecule has 0 aliphatic carbocycles. The molecule has 0 aliphatic rings. The standard InChI is InChI=1S/C20H15Cl2N5OS/c1-2-11-27-18(13-3-7-15(21)8-4-13)24-25-20(27)29-12-17-23-19(28-26-17)14-5-9-16(22)10-6-14/h2-10H,1,11-12H2. The monoisotopic (exact) mass is 443 g/mol. The number of benzene rings is 2. The average Bonchev–Trinajstić information content (AvgIpc) is 3.35. The maximum Gasteiger partial charge on any atom is 0.257 e. The van der Waals surface area contributed by atoms with Crippen LogP contribution in [0.4, 0.5) is 0 Å². The summed E-state index contributed by atoms with van der Waals surface area (Å²) < 4.78 is 7.34. The predicted molar refractivity (Wildman–Crippen MR) is 115 cm³/mol. The predicted octanol–water partition coefficient (Wildman–Crippen LogP) is 5.78. The lowest BCUT2D eigenvalue weighted by Crippen LogP contribution is -2.00. The first-order valence-electron chi connectivity index (χ1n) is 8.65. The van der Waals surface area contributed by atoms with E-state index in [1.807, 2.05) is 41.0 Å². The minimum absolute atomic E-state index is 0.451. The van der Waals surface area contributed by atoms with Gasteiger partial charge in [-0.05, 0) is 48.5 Å². The van der Waals surface area contributed by atoms with Gasteiger partial charge < -0.3 is 4.52 Å². The van der Waals surface area contributed by atoms with Gasteiger partial charge in [-0.1, -0.05) is 46.2 Å². The molecule has 0 amide bonds. The lowest BCUT2D eigenvalue weighted by atomic mass is 10.2. The molecule has 2 aromatic carbocycles. The van der Waals surface area contributed by atoms with Crippen LogP contribution in [-0.2, 0) is 12.3 Å². The Labute approximate surface area is 181 Å². The van der Waals surface area contributed by atoms with Gasteiger partial charge >= 0.3 is 0 Å². The van der Waals surface area contributed by atoms with Gasteiger partial charge in [0.15, 0.2) is 16.8 Å². The van der Waals surface area contributed by atoms with E-state index in [0.717, 1.165) is 22.1 Å². The Kier molecular flexibility index (Phi) is 5.99. The summed E-state index contributed by atoms with van der Waals surface area (Å²) >= 11 is 13.4. The molecule has 0 N–H and O–H groups in total. The van der Waals surface area contributed by atoms with Crippen molar-refractivity contribution in [1.29, 1.82) is 0 Å². The van der Waals surface area contributed by atoms with Crippen LogP contribution in [0.25, 0.3) is 22.8 Å². The van der Waals surface area contributed by atoms with E-state index in [1.165, 1.54) is 11.8 Å². The molecular formula is C20H15Cl2N5OS. The van der Waals surface area contributed by atoms with Gasteiger partial charge in [0.2, 0.25) is 0 Å². The third kappa shape index (κ3) is 4.53. The van der Waals surface area contributed by atoms with Crippen LogP contribution in [0.5, 0.6) is 0 Å². The quantitative estimate of drug-likeness (QED) is 0.266. The van der Waals surface area contributed by atoms with Gasteiger partial charge in [0.25, 0.3) is 5.89 Å². The molecule has 0 aliphatic heterocycles. The van der Waals surface area contributed by atoms with E-state index in [1.54, 1.807) is 18.2 Å². The van der Waals surface area contributed by atoms with Crippen molar-refractivity contribution in [3.8, 4) is 22.8 Å². The largest absolute Gasteiger partial charge is 0.334 e. The normalized spacial score (nSPS) is 11.0. The lowest BCUT2D eigenvalue weighted by Gasteiger charge is -2.07. The Hall–Kier alpha value is -2.61. The van der Waals surface area contributed by atoms with Gasteiger partial charge in [-0.25, -0.2) is 0 Å². The maximum absolute atomic E-state index is 5.98. The molecule has 4 aromatic rings. The first kappa shape index (κ1) is 19.7. The molecular weight excluding hydrogens is 429 g/mol. The molecule has 0 saturated carbocycles. The number of hydrogen-bond acceptors (Lipinski definition) is 6. The Morgan fingerprint density at radius 1 is 0.966 bits per heavy atom. The molecule has 29 heavy (non-hydrogen) atoms. The van der Waals surface area contributed by atoms with E-state index in [-0.39, 0.29) is 0 Å². The van der Waals surface area contributed by atoms with Crippen LogP contribution in [0.1, 0.15) is 5.82 Å². The highest BCUT2D eigenvalue weighted by Gasteiger charge is 2.15. The van der Waals surface area contributed by atoms with Crippen molar-refractivity contribution in [1.82, 2.24) is 24.9 Å². The van der Waals surface area contributed by atoms with Gasteiger partial charge in [-0.3, -0.25) is 4.57 Å². The number of halogens is 2. The van der Waals surface area contributed by atoms with Crippen molar-refractivity contribution in [3.05, 3.63) is 77.1 Å². The summed E-state index contributed by atoms with van der Waals surface area (Å²) in [5.74, 6) is 2.26. The fourth-order valence-corrected chi connectivity index (χ4v) is 3.70. The van der Waals surface area contributed by atoms with Crippen molar-refractivity contribution in [2.24, 2.45) is 0 Å². The zero-order valence-electron chi connectivity index (χ0n) is 15.1. The molecule has 9 heteroatoms. The van der Waals surface area contributed by atoms with Crippen LogP contribution in [0, 0.1) is 0 Å². The Bertz CT molecular complexity index is 1120. The molecule has 2 heterocycles. The Morgan fingerprint density at radius 3 is 2.28 bits per heavy atom. The molecule has 0 bridgehead atoms. The highest BCUT2D eigenvalue weighted by atomic mass is 35.5. The van der Waals surface area contributed by atoms with Crippen molar-refractivity contribution in [2.45, 2.75) is 17.5 Å².